The van der Waals surface area contributed by atoms with E-state index in [0.717, 1.165) is 9.35 Å². The largest absolute Gasteiger partial charge is 0.319 e. The van der Waals surface area contributed by atoms with Crippen molar-refractivity contribution in [2.24, 2.45) is 0 Å². The number of amides is 1. The molecule has 1 N–H and O–H groups in total. The molecule has 0 saturated heterocycles. The molecule has 2 nitrogen and oxygen atoms in total. The highest BCUT2D eigenvalue weighted by atomic mass is 79.9. The number of benzene rings is 1. The van der Waals surface area contributed by atoms with Crippen LogP contribution in [0, 0.1) is 19.7 Å². The third-order valence-electron chi connectivity index (χ3n) is 2.54. The Morgan fingerprint density at radius 1 is 1.33 bits per heavy atom. The highest BCUT2D eigenvalue weighted by Crippen LogP contribution is 2.28. The van der Waals surface area contributed by atoms with Gasteiger partial charge in [0, 0.05) is 0 Å². The number of hydrogen-bond acceptors (Lipinski definition) is 2. The molecule has 1 heterocycles. The number of anilines is 1. The van der Waals surface area contributed by atoms with E-state index in [2.05, 4.69) is 21.2 Å². The number of carbonyl (C=O) groups excluding carboxylic acids is 1. The molecule has 94 valence electrons. The maximum atomic E-state index is 13.6. The van der Waals surface area contributed by atoms with Gasteiger partial charge in [0.15, 0.2) is 0 Å². The van der Waals surface area contributed by atoms with Crippen molar-refractivity contribution in [3.63, 3.8) is 0 Å². The molecule has 1 amide bonds. The van der Waals surface area contributed by atoms with Gasteiger partial charge in [0.1, 0.15) is 5.82 Å². The number of aryl methyl sites for hydroxylation is 2. The van der Waals surface area contributed by atoms with Crippen molar-refractivity contribution in [2.45, 2.75) is 13.8 Å². The van der Waals surface area contributed by atoms with Crippen LogP contribution in [-0.2, 0) is 0 Å². The van der Waals surface area contributed by atoms with Crippen LogP contribution in [0.5, 0.6) is 0 Å². The summed E-state index contributed by atoms with van der Waals surface area (Å²) in [7, 11) is 0. The maximum absolute atomic E-state index is 13.6. The molecule has 1 aromatic carbocycles. The van der Waals surface area contributed by atoms with Crippen molar-refractivity contribution in [3.8, 4) is 0 Å². The molecule has 0 unspecified atom stereocenters. The average molecular weight is 328 g/mol. The van der Waals surface area contributed by atoms with Gasteiger partial charge in [-0.25, -0.2) is 4.39 Å². The number of carbonyl (C=O) groups is 1. The van der Waals surface area contributed by atoms with Gasteiger partial charge in [0.2, 0.25) is 0 Å². The molecular weight excluding hydrogens is 317 g/mol. The zero-order valence-corrected chi connectivity index (χ0v) is 12.3. The SMILES string of the molecule is Cc1cc(C(=O)Nc2c(C)cccc2F)sc1Br. The molecular formula is C13H11BrFNOS. The molecule has 0 saturated carbocycles. The monoisotopic (exact) mass is 327 g/mol. The summed E-state index contributed by atoms with van der Waals surface area (Å²) in [6.45, 7) is 3.67. The first-order valence-corrected chi connectivity index (χ1v) is 6.92. The van der Waals surface area contributed by atoms with Crippen molar-refractivity contribution in [1.82, 2.24) is 0 Å². The molecule has 2 rings (SSSR count). The number of para-hydroxylation sites is 1. The zero-order valence-electron chi connectivity index (χ0n) is 9.88. The minimum atomic E-state index is -0.421. The van der Waals surface area contributed by atoms with Crippen LogP contribution >= 0.6 is 27.3 Å². The second-order valence-electron chi connectivity index (χ2n) is 3.95. The fraction of sp³-hybridized carbons (Fsp3) is 0.154. The Morgan fingerprint density at radius 2 is 2.06 bits per heavy atom. The Balaban J connectivity index is 2.27. The lowest BCUT2D eigenvalue weighted by atomic mass is 10.2. The van der Waals surface area contributed by atoms with Crippen LogP contribution in [0.25, 0.3) is 0 Å². The van der Waals surface area contributed by atoms with Crippen molar-refractivity contribution >= 4 is 38.9 Å². The highest BCUT2D eigenvalue weighted by molar-refractivity contribution is 9.11. The van der Waals surface area contributed by atoms with Gasteiger partial charge in [0.05, 0.1) is 14.4 Å². The van der Waals surface area contributed by atoms with Crippen LogP contribution in [0.15, 0.2) is 28.1 Å². The number of nitrogens with one attached hydrogen (secondary N) is 1. The summed E-state index contributed by atoms with van der Waals surface area (Å²) in [4.78, 5) is 12.6. The molecule has 0 aliphatic carbocycles. The lowest BCUT2D eigenvalue weighted by Gasteiger charge is -2.08. The topological polar surface area (TPSA) is 29.1 Å². The third-order valence-corrected chi connectivity index (χ3v) is 4.68. The minimum absolute atomic E-state index is 0.240. The molecule has 0 fully saturated rings. The predicted molar refractivity (Wildman–Crippen MR) is 75.8 cm³/mol. The standard InChI is InChI=1S/C13H11BrFNOS/c1-7-4-3-5-9(15)11(7)16-13(17)10-6-8(2)12(14)18-10/h3-6H,1-2H3,(H,16,17). The van der Waals surface area contributed by atoms with Crippen molar-refractivity contribution in [1.29, 1.82) is 0 Å². The van der Waals surface area contributed by atoms with Crippen LogP contribution in [0.2, 0.25) is 0 Å². The summed E-state index contributed by atoms with van der Waals surface area (Å²) in [6.07, 6.45) is 0. The normalized spacial score (nSPS) is 10.4. The summed E-state index contributed by atoms with van der Waals surface area (Å²) >= 11 is 4.70. The van der Waals surface area contributed by atoms with E-state index in [1.165, 1.54) is 17.4 Å². The van der Waals surface area contributed by atoms with Gasteiger partial charge >= 0.3 is 0 Å². The van der Waals surface area contributed by atoms with Crippen LogP contribution in [0.3, 0.4) is 0 Å². The highest BCUT2D eigenvalue weighted by Gasteiger charge is 2.14. The van der Waals surface area contributed by atoms with E-state index in [1.807, 2.05) is 6.92 Å². The summed E-state index contributed by atoms with van der Waals surface area (Å²) in [5.74, 6) is -0.710. The molecule has 0 spiro atoms. The lowest BCUT2D eigenvalue weighted by molar-refractivity contribution is 0.103. The third kappa shape index (κ3) is 2.62. The van der Waals surface area contributed by atoms with Gasteiger partial charge in [0.25, 0.3) is 5.91 Å². The molecule has 0 aliphatic rings. The smallest absolute Gasteiger partial charge is 0.265 e. The van der Waals surface area contributed by atoms with Crippen LogP contribution < -0.4 is 5.32 Å². The van der Waals surface area contributed by atoms with Gasteiger partial charge in [-0.15, -0.1) is 11.3 Å². The number of rotatable bonds is 2. The van der Waals surface area contributed by atoms with Crippen molar-refractivity contribution in [3.05, 3.63) is 49.9 Å². The molecule has 1 aromatic heterocycles. The summed E-state index contributed by atoms with van der Waals surface area (Å²) in [5.41, 5.74) is 1.94. The van der Waals surface area contributed by atoms with E-state index in [4.69, 9.17) is 0 Å². The molecule has 2 aromatic rings. The fourth-order valence-corrected chi connectivity index (χ4v) is 2.97. The van der Waals surface area contributed by atoms with E-state index in [-0.39, 0.29) is 11.6 Å². The maximum Gasteiger partial charge on any atom is 0.265 e. The molecule has 18 heavy (non-hydrogen) atoms. The molecule has 5 heteroatoms. The van der Waals surface area contributed by atoms with Gasteiger partial charge in [-0.1, -0.05) is 12.1 Å². The predicted octanol–water partition coefficient (Wildman–Crippen LogP) is 4.52. The summed E-state index contributed by atoms with van der Waals surface area (Å²) in [6, 6.07) is 6.49. The Bertz CT molecular complexity index is 569. The van der Waals surface area contributed by atoms with Gasteiger partial charge in [-0.2, -0.15) is 0 Å². The summed E-state index contributed by atoms with van der Waals surface area (Å²) < 4.78 is 14.5. The van der Waals surface area contributed by atoms with Crippen molar-refractivity contribution < 1.29 is 9.18 Å². The Morgan fingerprint density at radius 3 is 2.61 bits per heavy atom. The Hall–Kier alpha value is -1.20. The van der Waals surface area contributed by atoms with Crippen LogP contribution in [-0.4, -0.2) is 5.91 Å². The average Bonchev–Trinajstić information content (AvgIpc) is 2.64. The van der Waals surface area contributed by atoms with Crippen LogP contribution in [0.1, 0.15) is 20.8 Å². The van der Waals surface area contributed by atoms with Crippen LogP contribution in [0.4, 0.5) is 10.1 Å². The van der Waals surface area contributed by atoms with Gasteiger partial charge in [-0.3, -0.25) is 4.79 Å². The minimum Gasteiger partial charge on any atom is -0.319 e. The lowest BCUT2D eigenvalue weighted by Crippen LogP contribution is -2.12. The number of halogens is 2. The van der Waals surface area contributed by atoms with E-state index in [0.29, 0.717) is 10.4 Å². The Labute approximate surface area is 117 Å². The van der Waals surface area contributed by atoms with E-state index in [1.54, 1.807) is 25.1 Å². The first kappa shape index (κ1) is 13.2. The zero-order chi connectivity index (χ0) is 13.3. The first-order chi connectivity index (χ1) is 8.49. The first-order valence-electron chi connectivity index (χ1n) is 5.31. The molecule has 0 radical (unpaired) electrons. The second-order valence-corrected chi connectivity index (χ2v) is 6.32. The van der Waals surface area contributed by atoms with E-state index >= 15 is 0 Å². The molecule has 0 bridgehead atoms. The van der Waals surface area contributed by atoms with Crippen molar-refractivity contribution in [2.75, 3.05) is 5.32 Å². The number of thiophene rings is 1. The summed E-state index contributed by atoms with van der Waals surface area (Å²) in [5, 5.41) is 2.61. The van der Waals surface area contributed by atoms with E-state index in [9.17, 15) is 9.18 Å². The van der Waals surface area contributed by atoms with Gasteiger partial charge in [-0.05, 0) is 53.0 Å². The Kier molecular flexibility index (Phi) is 3.82. The molecule has 0 atom stereocenters. The second kappa shape index (κ2) is 5.20. The fourth-order valence-electron chi connectivity index (χ4n) is 1.54. The van der Waals surface area contributed by atoms with Gasteiger partial charge < -0.3 is 5.32 Å². The van der Waals surface area contributed by atoms with E-state index < -0.39 is 5.82 Å². The quantitative estimate of drug-likeness (QED) is 0.863. The number of hydrogen-bond donors (Lipinski definition) is 1. The molecule has 0 aliphatic heterocycles.